The number of anilines is 1. The van der Waals surface area contributed by atoms with Crippen LogP contribution < -0.4 is 5.32 Å². The van der Waals surface area contributed by atoms with Gasteiger partial charge in [-0.3, -0.25) is 4.79 Å². The second-order valence-corrected chi connectivity index (χ2v) is 3.81. The SMILES string of the molecule is Cc1cc(C(=O)Nc2[c]c3cc[nH]c3nc2)no1. The lowest BCUT2D eigenvalue weighted by atomic mass is 10.3. The number of carbonyl (C=O) groups is 1. The quantitative estimate of drug-likeness (QED) is 0.717. The average Bonchev–Trinajstić information content (AvgIpc) is 2.96. The van der Waals surface area contributed by atoms with E-state index in [0.717, 1.165) is 11.0 Å². The molecule has 0 aromatic carbocycles. The molecule has 0 aliphatic carbocycles. The van der Waals surface area contributed by atoms with Gasteiger partial charge in [-0.15, -0.1) is 0 Å². The van der Waals surface area contributed by atoms with Gasteiger partial charge in [-0.05, 0) is 13.0 Å². The molecule has 0 saturated carbocycles. The van der Waals surface area contributed by atoms with E-state index in [-0.39, 0.29) is 11.6 Å². The van der Waals surface area contributed by atoms with Crippen LogP contribution in [-0.4, -0.2) is 21.0 Å². The first-order valence-corrected chi connectivity index (χ1v) is 5.32. The summed E-state index contributed by atoms with van der Waals surface area (Å²) in [6, 6.07) is 6.43. The Morgan fingerprint density at radius 3 is 3.22 bits per heavy atom. The Kier molecular flexibility index (Phi) is 2.33. The molecular weight excluding hydrogens is 232 g/mol. The van der Waals surface area contributed by atoms with Crippen LogP contribution in [0.3, 0.4) is 0 Å². The van der Waals surface area contributed by atoms with E-state index in [0.29, 0.717) is 11.4 Å². The van der Waals surface area contributed by atoms with E-state index in [1.165, 1.54) is 6.20 Å². The molecule has 0 fully saturated rings. The Morgan fingerprint density at radius 2 is 2.44 bits per heavy atom. The van der Waals surface area contributed by atoms with Crippen molar-refractivity contribution in [3.8, 4) is 0 Å². The smallest absolute Gasteiger partial charge is 0.277 e. The highest BCUT2D eigenvalue weighted by molar-refractivity contribution is 6.03. The first-order chi connectivity index (χ1) is 8.72. The van der Waals surface area contributed by atoms with Crippen molar-refractivity contribution in [2.24, 2.45) is 0 Å². The number of aromatic amines is 1. The third-order valence-corrected chi connectivity index (χ3v) is 2.43. The average molecular weight is 241 g/mol. The topological polar surface area (TPSA) is 83.8 Å². The third kappa shape index (κ3) is 1.84. The van der Waals surface area contributed by atoms with Crippen LogP contribution in [-0.2, 0) is 0 Å². The molecule has 0 aliphatic rings. The van der Waals surface area contributed by atoms with Crippen molar-refractivity contribution in [2.75, 3.05) is 5.32 Å². The third-order valence-electron chi connectivity index (χ3n) is 2.43. The summed E-state index contributed by atoms with van der Waals surface area (Å²) in [7, 11) is 0. The second kappa shape index (κ2) is 3.99. The first-order valence-electron chi connectivity index (χ1n) is 5.32. The fraction of sp³-hybridized carbons (Fsp3) is 0.0833. The van der Waals surface area contributed by atoms with Crippen LogP contribution in [0.5, 0.6) is 0 Å². The number of rotatable bonds is 2. The van der Waals surface area contributed by atoms with Gasteiger partial charge in [-0.1, -0.05) is 5.16 Å². The fourth-order valence-corrected chi connectivity index (χ4v) is 1.60. The summed E-state index contributed by atoms with van der Waals surface area (Å²) in [6.07, 6.45) is 3.30. The Balaban J connectivity index is 1.85. The van der Waals surface area contributed by atoms with Crippen LogP contribution >= 0.6 is 0 Å². The van der Waals surface area contributed by atoms with E-state index < -0.39 is 0 Å². The maximum Gasteiger partial charge on any atom is 0.277 e. The summed E-state index contributed by atoms with van der Waals surface area (Å²) >= 11 is 0. The maximum atomic E-state index is 11.8. The molecule has 0 atom stereocenters. The molecule has 3 aromatic heterocycles. The number of nitrogens with one attached hydrogen (secondary N) is 2. The van der Waals surface area contributed by atoms with E-state index in [4.69, 9.17) is 4.52 Å². The largest absolute Gasteiger partial charge is 0.361 e. The van der Waals surface area contributed by atoms with E-state index in [9.17, 15) is 4.79 Å². The summed E-state index contributed by atoms with van der Waals surface area (Å²) in [5, 5.41) is 7.11. The maximum absolute atomic E-state index is 11.8. The van der Waals surface area contributed by atoms with Crippen molar-refractivity contribution in [2.45, 2.75) is 6.92 Å². The molecule has 3 aromatic rings. The van der Waals surface area contributed by atoms with Crippen molar-refractivity contribution in [1.29, 1.82) is 0 Å². The predicted octanol–water partition coefficient (Wildman–Crippen LogP) is 1.91. The van der Waals surface area contributed by atoms with Crippen LogP contribution in [0, 0.1) is 13.0 Å². The number of fused-ring (bicyclic) bond motifs is 1. The molecule has 89 valence electrons. The molecule has 1 amide bonds. The molecular formula is C12H9N4O2. The monoisotopic (exact) mass is 241 g/mol. The number of nitrogens with zero attached hydrogens (tertiary/aromatic N) is 2. The molecule has 0 spiro atoms. The number of pyridine rings is 1. The molecule has 0 bridgehead atoms. The standard InChI is InChI=1S/C12H9N4O2/c1-7-4-10(16-18-7)12(17)15-9-5-8-2-3-13-11(8)14-6-9/h2-4,6H,1H3,(H,13,14)(H,15,17). The van der Waals surface area contributed by atoms with Crippen LogP contribution in [0.1, 0.15) is 16.2 Å². The van der Waals surface area contributed by atoms with Crippen LogP contribution in [0.4, 0.5) is 5.69 Å². The van der Waals surface area contributed by atoms with E-state index in [2.05, 4.69) is 26.5 Å². The minimum absolute atomic E-state index is 0.232. The van der Waals surface area contributed by atoms with Gasteiger partial charge >= 0.3 is 0 Å². The zero-order valence-corrected chi connectivity index (χ0v) is 9.52. The number of amides is 1. The summed E-state index contributed by atoms with van der Waals surface area (Å²) < 4.78 is 4.84. The van der Waals surface area contributed by atoms with Crippen molar-refractivity contribution >= 4 is 22.6 Å². The number of carbonyl (C=O) groups excluding carboxylic acids is 1. The summed E-state index contributed by atoms with van der Waals surface area (Å²) in [5.74, 6) is 0.239. The highest BCUT2D eigenvalue weighted by Crippen LogP contribution is 2.14. The lowest BCUT2D eigenvalue weighted by Crippen LogP contribution is -2.12. The molecule has 2 N–H and O–H groups in total. The number of aryl methyl sites for hydroxylation is 1. The molecule has 6 heteroatoms. The molecule has 18 heavy (non-hydrogen) atoms. The zero-order chi connectivity index (χ0) is 12.5. The fourth-order valence-electron chi connectivity index (χ4n) is 1.60. The van der Waals surface area contributed by atoms with Gasteiger partial charge in [0.15, 0.2) is 5.69 Å². The molecule has 0 saturated heterocycles. The van der Waals surface area contributed by atoms with Crippen LogP contribution in [0.15, 0.2) is 29.0 Å². The lowest BCUT2D eigenvalue weighted by Gasteiger charge is -2.01. The Hall–Kier alpha value is -2.63. The molecule has 6 nitrogen and oxygen atoms in total. The molecule has 3 heterocycles. The lowest BCUT2D eigenvalue weighted by molar-refractivity contribution is 0.101. The van der Waals surface area contributed by atoms with Crippen molar-refractivity contribution in [3.63, 3.8) is 0 Å². The number of aromatic nitrogens is 3. The Bertz CT molecular complexity index is 714. The first kappa shape index (κ1) is 10.5. The Labute approximate surface area is 102 Å². The number of hydrogen-bond acceptors (Lipinski definition) is 4. The van der Waals surface area contributed by atoms with Gasteiger partial charge in [0.1, 0.15) is 11.4 Å². The van der Waals surface area contributed by atoms with Gasteiger partial charge in [0.05, 0.1) is 11.9 Å². The van der Waals surface area contributed by atoms with Gasteiger partial charge < -0.3 is 14.8 Å². The van der Waals surface area contributed by atoms with Crippen molar-refractivity contribution in [3.05, 3.63) is 42.0 Å². The number of hydrogen-bond donors (Lipinski definition) is 2. The summed E-state index contributed by atoms with van der Waals surface area (Å²) in [6.45, 7) is 1.73. The molecule has 3 rings (SSSR count). The molecule has 1 radical (unpaired) electrons. The van der Waals surface area contributed by atoms with Crippen LogP contribution in [0.25, 0.3) is 11.0 Å². The minimum atomic E-state index is -0.347. The van der Waals surface area contributed by atoms with Gasteiger partial charge in [0, 0.05) is 23.7 Å². The second-order valence-electron chi connectivity index (χ2n) is 3.81. The summed E-state index contributed by atoms with van der Waals surface area (Å²) in [5.41, 5.74) is 1.45. The Morgan fingerprint density at radius 1 is 1.56 bits per heavy atom. The van der Waals surface area contributed by atoms with E-state index >= 15 is 0 Å². The highest BCUT2D eigenvalue weighted by Gasteiger charge is 2.11. The minimum Gasteiger partial charge on any atom is -0.361 e. The van der Waals surface area contributed by atoms with Gasteiger partial charge in [0.25, 0.3) is 5.91 Å². The highest BCUT2D eigenvalue weighted by atomic mass is 16.5. The van der Waals surface area contributed by atoms with Gasteiger partial charge in [-0.25, -0.2) is 4.98 Å². The summed E-state index contributed by atoms with van der Waals surface area (Å²) in [4.78, 5) is 18.9. The van der Waals surface area contributed by atoms with Gasteiger partial charge in [-0.2, -0.15) is 0 Å². The molecule has 0 unspecified atom stereocenters. The zero-order valence-electron chi connectivity index (χ0n) is 9.52. The van der Waals surface area contributed by atoms with Gasteiger partial charge in [0.2, 0.25) is 0 Å². The van der Waals surface area contributed by atoms with Crippen LogP contribution in [0.2, 0.25) is 0 Å². The van der Waals surface area contributed by atoms with Crippen molar-refractivity contribution in [1.82, 2.24) is 15.1 Å². The number of H-pyrrole nitrogens is 1. The predicted molar refractivity (Wildman–Crippen MR) is 64.1 cm³/mol. The van der Waals surface area contributed by atoms with E-state index in [1.54, 1.807) is 19.2 Å². The normalized spacial score (nSPS) is 10.7. The van der Waals surface area contributed by atoms with E-state index in [1.807, 2.05) is 6.07 Å². The van der Waals surface area contributed by atoms with Crippen molar-refractivity contribution < 1.29 is 9.32 Å². The molecule has 0 aliphatic heterocycles.